The molecule has 0 aromatic heterocycles. The van der Waals surface area contributed by atoms with Crippen LogP contribution in [0.2, 0.25) is 0 Å². The summed E-state index contributed by atoms with van der Waals surface area (Å²) in [7, 11) is 0. The van der Waals surface area contributed by atoms with Crippen molar-refractivity contribution in [2.75, 3.05) is 0 Å². The second kappa shape index (κ2) is 6.76. The Morgan fingerprint density at radius 1 is 0.926 bits per heavy atom. The molecule has 0 nitrogen and oxygen atoms in total. The van der Waals surface area contributed by atoms with Crippen LogP contribution in [0.1, 0.15) is 40.2 Å². The Morgan fingerprint density at radius 2 is 1.78 bits per heavy atom. The van der Waals surface area contributed by atoms with Gasteiger partial charge in [-0.1, -0.05) is 58.4 Å². The topological polar surface area (TPSA) is 0 Å². The van der Waals surface area contributed by atoms with Crippen LogP contribution in [-0.4, -0.2) is 0 Å². The highest BCUT2D eigenvalue weighted by atomic mass is 79.9. The molecule has 0 fully saturated rings. The maximum atomic E-state index is 14.1. The van der Waals surface area contributed by atoms with E-state index in [9.17, 15) is 4.39 Å². The second-order valence-electron chi connectivity index (χ2n) is 7.56. The highest BCUT2D eigenvalue weighted by Gasteiger charge is 2.28. The van der Waals surface area contributed by atoms with Crippen LogP contribution in [0.4, 0.5) is 4.39 Å². The third-order valence-corrected chi connectivity index (χ3v) is 6.45. The summed E-state index contributed by atoms with van der Waals surface area (Å²) < 4.78 is 15.2. The van der Waals surface area contributed by atoms with Crippen molar-refractivity contribution in [1.82, 2.24) is 0 Å². The molecule has 3 aromatic carbocycles. The van der Waals surface area contributed by atoms with Gasteiger partial charge in [0.1, 0.15) is 5.82 Å². The lowest BCUT2D eigenvalue weighted by Crippen LogP contribution is -2.17. The van der Waals surface area contributed by atoms with Crippen molar-refractivity contribution >= 4 is 22.0 Å². The molecule has 2 aliphatic rings. The monoisotopic (exact) mass is 418 g/mol. The summed E-state index contributed by atoms with van der Waals surface area (Å²) in [4.78, 5) is 0. The summed E-state index contributed by atoms with van der Waals surface area (Å²) in [5.74, 6) is 0.230. The molecule has 2 heteroatoms. The Labute approximate surface area is 167 Å². The lowest BCUT2D eigenvalue weighted by molar-refractivity contribution is 0.620. The molecular formula is C25H20BrF. The largest absolute Gasteiger partial charge is 0.207 e. The van der Waals surface area contributed by atoms with Gasteiger partial charge in [0.25, 0.3) is 0 Å². The number of halogens is 2. The number of hydrogen-bond donors (Lipinski definition) is 0. The van der Waals surface area contributed by atoms with Gasteiger partial charge in [-0.25, -0.2) is 4.39 Å². The highest BCUT2D eigenvalue weighted by molar-refractivity contribution is 9.10. The van der Waals surface area contributed by atoms with E-state index >= 15 is 0 Å². The van der Waals surface area contributed by atoms with Crippen molar-refractivity contribution in [1.29, 1.82) is 0 Å². The lowest BCUT2D eigenvalue weighted by atomic mass is 9.73. The van der Waals surface area contributed by atoms with Gasteiger partial charge in [0.2, 0.25) is 0 Å². The van der Waals surface area contributed by atoms with Crippen molar-refractivity contribution < 1.29 is 4.39 Å². The maximum absolute atomic E-state index is 14.1. The average molecular weight is 419 g/mol. The molecule has 1 unspecified atom stereocenters. The van der Waals surface area contributed by atoms with Gasteiger partial charge < -0.3 is 0 Å². The molecule has 0 saturated carbocycles. The van der Waals surface area contributed by atoms with Gasteiger partial charge in [-0.3, -0.25) is 0 Å². The first kappa shape index (κ1) is 16.9. The molecule has 134 valence electrons. The van der Waals surface area contributed by atoms with E-state index in [0.717, 1.165) is 35.7 Å². The highest BCUT2D eigenvalue weighted by Crippen LogP contribution is 2.44. The molecule has 5 rings (SSSR count). The van der Waals surface area contributed by atoms with Crippen LogP contribution in [0.15, 0.2) is 65.1 Å². The second-order valence-corrected chi connectivity index (χ2v) is 8.48. The molecule has 0 amide bonds. The number of hydrogen-bond acceptors (Lipinski definition) is 0. The Bertz CT molecular complexity index is 1050. The van der Waals surface area contributed by atoms with Crippen LogP contribution in [0, 0.1) is 5.82 Å². The van der Waals surface area contributed by atoms with Gasteiger partial charge >= 0.3 is 0 Å². The van der Waals surface area contributed by atoms with Crippen molar-refractivity contribution in [2.45, 2.75) is 31.6 Å². The predicted octanol–water partition coefficient (Wildman–Crippen LogP) is 7.10. The summed E-state index contributed by atoms with van der Waals surface area (Å²) in [5, 5.41) is 0. The minimum absolute atomic E-state index is 0.151. The fourth-order valence-corrected chi connectivity index (χ4v) is 4.91. The first-order valence-corrected chi connectivity index (χ1v) is 10.3. The summed E-state index contributed by atoms with van der Waals surface area (Å²) >= 11 is 3.52. The lowest BCUT2D eigenvalue weighted by Gasteiger charge is -2.31. The van der Waals surface area contributed by atoms with E-state index < -0.39 is 0 Å². The summed E-state index contributed by atoms with van der Waals surface area (Å²) in [6.07, 6.45) is 8.68. The number of allylic oxidation sites excluding steroid dienone is 1. The quantitative estimate of drug-likeness (QED) is 0.416. The van der Waals surface area contributed by atoms with Crippen molar-refractivity contribution in [2.24, 2.45) is 0 Å². The van der Waals surface area contributed by atoms with Crippen LogP contribution in [-0.2, 0) is 19.3 Å². The molecule has 0 aliphatic heterocycles. The zero-order chi connectivity index (χ0) is 18.4. The summed E-state index contributed by atoms with van der Waals surface area (Å²) in [6, 6.07) is 18.3. The van der Waals surface area contributed by atoms with Crippen LogP contribution in [0.3, 0.4) is 0 Å². The van der Waals surface area contributed by atoms with Crippen LogP contribution in [0.25, 0.3) is 17.2 Å². The van der Waals surface area contributed by atoms with E-state index in [4.69, 9.17) is 0 Å². The molecule has 0 radical (unpaired) electrons. The normalized spacial score (nSPS) is 17.2. The molecule has 0 N–H and O–H groups in total. The van der Waals surface area contributed by atoms with E-state index in [-0.39, 0.29) is 5.82 Å². The van der Waals surface area contributed by atoms with Gasteiger partial charge in [-0.2, -0.15) is 0 Å². The van der Waals surface area contributed by atoms with Gasteiger partial charge in [-0.15, -0.1) is 0 Å². The molecule has 0 saturated heterocycles. The zero-order valence-corrected chi connectivity index (χ0v) is 16.6. The Morgan fingerprint density at radius 3 is 2.63 bits per heavy atom. The van der Waals surface area contributed by atoms with Crippen molar-refractivity contribution in [3.8, 4) is 11.1 Å². The minimum Gasteiger partial charge on any atom is -0.207 e. The third-order valence-electron chi connectivity index (χ3n) is 5.92. The first-order valence-electron chi connectivity index (χ1n) is 9.54. The Kier molecular flexibility index (Phi) is 4.24. The van der Waals surface area contributed by atoms with E-state index in [1.165, 1.54) is 33.4 Å². The average Bonchev–Trinajstić information content (AvgIpc) is 2.69. The van der Waals surface area contributed by atoms with Crippen LogP contribution in [0.5, 0.6) is 0 Å². The molecule has 0 spiro atoms. The Hall–Kier alpha value is -2.19. The van der Waals surface area contributed by atoms with E-state index in [2.05, 4.69) is 64.5 Å². The molecule has 1 atom stereocenters. The van der Waals surface area contributed by atoms with Gasteiger partial charge in [0.05, 0.1) is 0 Å². The van der Waals surface area contributed by atoms with E-state index in [1.807, 2.05) is 6.07 Å². The third kappa shape index (κ3) is 3.06. The maximum Gasteiger partial charge on any atom is 0.123 e. The fraction of sp³-hybridized carbons (Fsp3) is 0.200. The summed E-state index contributed by atoms with van der Waals surface area (Å²) in [5.41, 5.74) is 9.14. The molecule has 2 aliphatic carbocycles. The smallest absolute Gasteiger partial charge is 0.123 e. The van der Waals surface area contributed by atoms with Gasteiger partial charge in [0, 0.05) is 4.47 Å². The van der Waals surface area contributed by atoms with Gasteiger partial charge in [0.15, 0.2) is 0 Å². The summed E-state index contributed by atoms with van der Waals surface area (Å²) in [6.45, 7) is 0. The molecule has 27 heavy (non-hydrogen) atoms. The predicted molar refractivity (Wildman–Crippen MR) is 113 cm³/mol. The standard InChI is InChI=1S/C25H20BrF/c26-19-8-5-16(6-9-19)13-18-14-24-21-4-2-1-3-17(21)7-11-23(24)25-15-20(27)10-12-22(18)25/h1,3,5-12,15,18H,2,4,13-14H2. The SMILES string of the molecule is Fc1ccc2c(c1)-c1ccc3c(c1CC2Cc1ccc(Br)cc1)CCC=C3. The number of fused-ring (bicyclic) bond motifs is 5. The number of benzene rings is 3. The van der Waals surface area contributed by atoms with Crippen molar-refractivity contribution in [3.05, 3.63) is 98.8 Å². The molecular weight excluding hydrogens is 399 g/mol. The molecule has 0 heterocycles. The van der Waals surface area contributed by atoms with Crippen LogP contribution < -0.4 is 0 Å². The van der Waals surface area contributed by atoms with E-state index in [0.29, 0.717) is 5.92 Å². The molecule has 0 bridgehead atoms. The van der Waals surface area contributed by atoms with Gasteiger partial charge in [-0.05, 0) is 94.8 Å². The number of rotatable bonds is 2. The minimum atomic E-state index is -0.151. The molecule has 3 aromatic rings. The van der Waals surface area contributed by atoms with Crippen LogP contribution >= 0.6 is 15.9 Å². The first-order chi connectivity index (χ1) is 13.2. The van der Waals surface area contributed by atoms with Crippen molar-refractivity contribution in [3.63, 3.8) is 0 Å². The fourth-order valence-electron chi connectivity index (χ4n) is 4.65. The van der Waals surface area contributed by atoms with E-state index in [1.54, 1.807) is 12.1 Å². The zero-order valence-electron chi connectivity index (χ0n) is 15.0. The Balaban J connectivity index is 1.63.